The maximum Gasteiger partial charge on any atom is 0.319 e. The molecule has 1 aromatic rings. The van der Waals surface area contributed by atoms with Crippen LogP contribution < -0.4 is 10.6 Å². The third-order valence-electron chi connectivity index (χ3n) is 4.06. The summed E-state index contributed by atoms with van der Waals surface area (Å²) in [4.78, 5) is 25.1. The van der Waals surface area contributed by atoms with Gasteiger partial charge in [-0.1, -0.05) is 6.42 Å². The van der Waals surface area contributed by atoms with E-state index >= 15 is 0 Å². The van der Waals surface area contributed by atoms with E-state index in [4.69, 9.17) is 4.74 Å². The summed E-state index contributed by atoms with van der Waals surface area (Å²) < 4.78 is 18.2. The van der Waals surface area contributed by atoms with Gasteiger partial charge in [-0.15, -0.1) is 0 Å². The predicted octanol–water partition coefficient (Wildman–Crippen LogP) is 2.22. The van der Waals surface area contributed by atoms with Crippen molar-refractivity contribution in [3.8, 4) is 0 Å². The van der Waals surface area contributed by atoms with Crippen LogP contribution in [0.15, 0.2) is 24.3 Å². The van der Waals surface area contributed by atoms with Gasteiger partial charge in [-0.25, -0.2) is 9.18 Å². The highest BCUT2D eigenvalue weighted by Crippen LogP contribution is 2.26. The van der Waals surface area contributed by atoms with E-state index in [0.29, 0.717) is 31.3 Å². The van der Waals surface area contributed by atoms with E-state index < -0.39 is 6.03 Å². The van der Waals surface area contributed by atoms with E-state index in [1.807, 2.05) is 0 Å². The number of hydrogen-bond acceptors (Lipinski definition) is 3. The Balaban J connectivity index is 1.56. The molecule has 1 aromatic carbocycles. The first-order valence-corrected chi connectivity index (χ1v) is 8.16. The number of nitrogens with one attached hydrogen (secondary N) is 2. The highest BCUT2D eigenvalue weighted by atomic mass is 19.1. The molecule has 1 saturated carbocycles. The van der Waals surface area contributed by atoms with E-state index in [0.717, 1.165) is 0 Å². The van der Waals surface area contributed by atoms with Gasteiger partial charge in [0, 0.05) is 25.8 Å². The third-order valence-corrected chi connectivity index (χ3v) is 4.06. The van der Waals surface area contributed by atoms with Gasteiger partial charge in [0.15, 0.2) is 0 Å². The topological polar surface area (TPSA) is 70.7 Å². The summed E-state index contributed by atoms with van der Waals surface area (Å²) in [5, 5.41) is 5.23. The molecule has 0 atom stereocenters. The van der Waals surface area contributed by atoms with Crippen LogP contribution in [-0.2, 0) is 9.53 Å². The van der Waals surface area contributed by atoms with Crippen LogP contribution in [0.3, 0.4) is 0 Å². The van der Waals surface area contributed by atoms with Gasteiger partial charge < -0.3 is 20.3 Å². The van der Waals surface area contributed by atoms with Crippen molar-refractivity contribution in [2.75, 3.05) is 38.7 Å². The number of likely N-dealkylation sites (N-methyl/N-ethyl adjacent to an activating group) is 1. The van der Waals surface area contributed by atoms with E-state index in [1.54, 1.807) is 7.05 Å². The summed E-state index contributed by atoms with van der Waals surface area (Å²) in [6, 6.07) is 5.09. The lowest BCUT2D eigenvalue weighted by Gasteiger charge is -2.25. The Kier molecular flexibility index (Phi) is 6.99. The van der Waals surface area contributed by atoms with Crippen LogP contribution in [0.4, 0.5) is 14.9 Å². The highest BCUT2D eigenvalue weighted by Gasteiger charge is 2.18. The number of benzene rings is 1. The van der Waals surface area contributed by atoms with Gasteiger partial charge in [0.05, 0.1) is 6.61 Å². The first kappa shape index (κ1) is 18.2. The summed E-state index contributed by atoms with van der Waals surface area (Å²) >= 11 is 0. The molecule has 0 aliphatic heterocycles. The third kappa shape index (κ3) is 6.16. The summed E-state index contributed by atoms with van der Waals surface area (Å²) in [6.07, 6.45) is 3.64. The maximum atomic E-state index is 12.8. The van der Waals surface area contributed by atoms with Crippen molar-refractivity contribution < 1.29 is 18.7 Å². The van der Waals surface area contributed by atoms with Gasteiger partial charge in [0.2, 0.25) is 5.91 Å². The Morgan fingerprint density at radius 3 is 2.62 bits per heavy atom. The number of urea groups is 1. The molecule has 0 aromatic heterocycles. The first-order valence-electron chi connectivity index (χ1n) is 8.16. The number of hydrogen-bond donors (Lipinski definition) is 2. The molecule has 2 rings (SSSR count). The summed E-state index contributed by atoms with van der Waals surface area (Å²) in [7, 11) is 1.68. The van der Waals surface area contributed by atoms with E-state index in [-0.39, 0.29) is 18.3 Å². The molecule has 1 aliphatic rings. The second-order valence-corrected chi connectivity index (χ2v) is 6.02. The Morgan fingerprint density at radius 1 is 1.29 bits per heavy atom. The quantitative estimate of drug-likeness (QED) is 0.764. The van der Waals surface area contributed by atoms with Crippen LogP contribution in [0, 0.1) is 11.7 Å². The van der Waals surface area contributed by atoms with Gasteiger partial charge in [0.25, 0.3) is 0 Å². The number of anilines is 1. The molecular formula is C17H24FN3O3. The van der Waals surface area contributed by atoms with Crippen molar-refractivity contribution in [2.45, 2.75) is 19.3 Å². The molecule has 0 heterocycles. The second-order valence-electron chi connectivity index (χ2n) is 6.02. The van der Waals surface area contributed by atoms with Crippen LogP contribution >= 0.6 is 0 Å². The number of carbonyl (C=O) groups is 2. The standard InChI is InChI=1S/C17H24FN3O3/c1-21(16(22)12-24-11-13-3-2-4-13)10-9-19-17(23)20-15-7-5-14(18)6-8-15/h5-8,13H,2-4,9-12H2,1H3,(H2,19,20,23). The van der Waals surface area contributed by atoms with Gasteiger partial charge in [-0.05, 0) is 43.0 Å². The fraction of sp³-hybridized carbons (Fsp3) is 0.529. The van der Waals surface area contributed by atoms with Gasteiger partial charge >= 0.3 is 6.03 Å². The van der Waals surface area contributed by atoms with E-state index in [1.165, 1.54) is 48.4 Å². The molecule has 0 spiro atoms. The largest absolute Gasteiger partial charge is 0.371 e. The van der Waals surface area contributed by atoms with Crippen molar-refractivity contribution >= 4 is 17.6 Å². The second kappa shape index (κ2) is 9.22. The number of amides is 3. The Hall–Kier alpha value is -2.15. The lowest BCUT2D eigenvalue weighted by Crippen LogP contribution is -2.39. The highest BCUT2D eigenvalue weighted by molar-refractivity contribution is 5.89. The van der Waals surface area contributed by atoms with E-state index in [2.05, 4.69) is 10.6 Å². The van der Waals surface area contributed by atoms with Crippen molar-refractivity contribution in [3.63, 3.8) is 0 Å². The Morgan fingerprint density at radius 2 is 2.00 bits per heavy atom. The predicted molar refractivity (Wildman–Crippen MR) is 89.2 cm³/mol. The van der Waals surface area contributed by atoms with Gasteiger partial charge in [-0.2, -0.15) is 0 Å². The van der Waals surface area contributed by atoms with Gasteiger partial charge in [-0.3, -0.25) is 4.79 Å². The summed E-state index contributed by atoms with van der Waals surface area (Å²) in [5.74, 6) is 0.149. The lowest BCUT2D eigenvalue weighted by molar-refractivity contribution is -0.135. The monoisotopic (exact) mass is 337 g/mol. The molecule has 3 amide bonds. The minimum absolute atomic E-state index is 0.0782. The maximum absolute atomic E-state index is 12.8. The molecule has 2 N–H and O–H groups in total. The summed E-state index contributed by atoms with van der Waals surface area (Å²) in [5.41, 5.74) is 0.503. The molecule has 1 fully saturated rings. The number of rotatable bonds is 8. The molecule has 6 nitrogen and oxygen atoms in total. The fourth-order valence-corrected chi connectivity index (χ4v) is 2.25. The van der Waals surface area contributed by atoms with Gasteiger partial charge in [0.1, 0.15) is 12.4 Å². The van der Waals surface area contributed by atoms with E-state index in [9.17, 15) is 14.0 Å². The molecular weight excluding hydrogens is 313 g/mol. The number of carbonyl (C=O) groups excluding carboxylic acids is 2. The molecule has 7 heteroatoms. The SMILES string of the molecule is CN(CCNC(=O)Nc1ccc(F)cc1)C(=O)COCC1CCC1. The molecule has 0 saturated heterocycles. The number of nitrogens with zero attached hydrogens (tertiary/aromatic N) is 1. The Labute approximate surface area is 141 Å². The Bertz CT molecular complexity index is 547. The molecule has 0 unspecified atom stereocenters. The van der Waals surface area contributed by atoms with Crippen LogP contribution in [0.2, 0.25) is 0 Å². The number of ether oxygens (including phenoxy) is 1. The van der Waals surface area contributed by atoms with Crippen molar-refractivity contribution in [3.05, 3.63) is 30.1 Å². The van der Waals surface area contributed by atoms with Crippen LogP contribution in [-0.4, -0.2) is 50.2 Å². The molecule has 24 heavy (non-hydrogen) atoms. The van der Waals surface area contributed by atoms with Crippen LogP contribution in [0.5, 0.6) is 0 Å². The zero-order valence-corrected chi connectivity index (χ0v) is 13.9. The van der Waals surface area contributed by atoms with Crippen molar-refractivity contribution in [2.24, 2.45) is 5.92 Å². The lowest BCUT2D eigenvalue weighted by atomic mass is 9.86. The molecule has 0 bridgehead atoms. The van der Waals surface area contributed by atoms with Crippen molar-refractivity contribution in [1.29, 1.82) is 0 Å². The smallest absolute Gasteiger partial charge is 0.319 e. The average molecular weight is 337 g/mol. The minimum atomic E-state index is -0.399. The zero-order valence-electron chi connectivity index (χ0n) is 13.9. The normalized spacial score (nSPS) is 13.9. The summed E-state index contributed by atoms with van der Waals surface area (Å²) in [6.45, 7) is 1.44. The number of halogens is 1. The minimum Gasteiger partial charge on any atom is -0.371 e. The zero-order chi connectivity index (χ0) is 17.4. The molecule has 132 valence electrons. The average Bonchev–Trinajstić information content (AvgIpc) is 2.51. The van der Waals surface area contributed by atoms with Crippen LogP contribution in [0.1, 0.15) is 19.3 Å². The molecule has 0 radical (unpaired) electrons. The first-order chi connectivity index (χ1) is 11.5. The fourth-order valence-electron chi connectivity index (χ4n) is 2.25. The van der Waals surface area contributed by atoms with Crippen LogP contribution in [0.25, 0.3) is 0 Å². The van der Waals surface area contributed by atoms with Crippen molar-refractivity contribution in [1.82, 2.24) is 10.2 Å². The molecule has 1 aliphatic carbocycles.